The zero-order valence-electron chi connectivity index (χ0n) is 18.1. The third-order valence-electron chi connectivity index (χ3n) is 5.64. The summed E-state index contributed by atoms with van der Waals surface area (Å²) in [6.07, 6.45) is 0.739. The van der Waals surface area contributed by atoms with Crippen molar-refractivity contribution < 1.29 is 13.9 Å². The molecule has 1 aliphatic rings. The number of aromatic nitrogens is 2. The monoisotopic (exact) mass is 422 g/mol. The van der Waals surface area contributed by atoms with Crippen LogP contribution >= 0.6 is 0 Å². The van der Waals surface area contributed by atoms with Crippen molar-refractivity contribution in [3.05, 3.63) is 81.9 Å². The number of nitrogens with one attached hydrogen (secondary N) is 1. The summed E-state index contributed by atoms with van der Waals surface area (Å²) in [6, 6.07) is 12.3. The van der Waals surface area contributed by atoms with Gasteiger partial charge in [0, 0.05) is 37.0 Å². The molecule has 0 fully saturated rings. The number of amides is 2. The van der Waals surface area contributed by atoms with E-state index in [-0.39, 0.29) is 11.8 Å². The van der Waals surface area contributed by atoms with E-state index in [0.717, 1.165) is 45.7 Å². The average molecular weight is 423 g/mol. The van der Waals surface area contributed by atoms with Crippen LogP contribution in [0, 0.1) is 19.7 Å². The predicted octanol–water partition coefficient (Wildman–Crippen LogP) is 4.48. The third kappa shape index (κ3) is 4.77. The Morgan fingerprint density at radius 2 is 2.03 bits per heavy atom. The van der Waals surface area contributed by atoms with Gasteiger partial charge in [0.05, 0.1) is 25.5 Å². The van der Waals surface area contributed by atoms with Crippen LogP contribution in [-0.4, -0.2) is 27.3 Å². The van der Waals surface area contributed by atoms with E-state index in [1.165, 1.54) is 12.1 Å². The molecule has 0 saturated carbocycles. The lowest BCUT2D eigenvalue weighted by Gasteiger charge is -2.28. The van der Waals surface area contributed by atoms with E-state index >= 15 is 0 Å². The molecule has 0 spiro atoms. The molecular formula is C24H27FN4O2. The molecule has 1 aromatic heterocycles. The molecule has 7 heteroatoms. The maximum atomic E-state index is 13.4. The van der Waals surface area contributed by atoms with Crippen LogP contribution in [0.5, 0.6) is 0 Å². The van der Waals surface area contributed by atoms with Gasteiger partial charge < -0.3 is 15.0 Å². The van der Waals surface area contributed by atoms with Crippen LogP contribution in [0.15, 0.2) is 42.5 Å². The lowest BCUT2D eigenvalue weighted by atomic mass is 10.1. The fourth-order valence-electron chi connectivity index (χ4n) is 3.92. The average Bonchev–Trinajstić information content (AvgIpc) is 3.06. The second kappa shape index (κ2) is 8.89. The summed E-state index contributed by atoms with van der Waals surface area (Å²) >= 11 is 0. The molecular weight excluding hydrogens is 395 g/mol. The van der Waals surface area contributed by atoms with E-state index in [9.17, 15) is 9.18 Å². The van der Waals surface area contributed by atoms with E-state index in [4.69, 9.17) is 4.74 Å². The van der Waals surface area contributed by atoms with E-state index in [0.29, 0.717) is 26.3 Å². The van der Waals surface area contributed by atoms with Crippen molar-refractivity contribution in [2.45, 2.75) is 40.0 Å². The first-order valence-electron chi connectivity index (χ1n) is 10.4. The first kappa shape index (κ1) is 21.1. The minimum Gasteiger partial charge on any atom is -0.370 e. The van der Waals surface area contributed by atoms with Crippen molar-refractivity contribution in [2.24, 2.45) is 7.05 Å². The van der Waals surface area contributed by atoms with Crippen LogP contribution in [0.25, 0.3) is 0 Å². The number of hydrogen-bond donors (Lipinski definition) is 1. The largest absolute Gasteiger partial charge is 0.370 e. The summed E-state index contributed by atoms with van der Waals surface area (Å²) in [7, 11) is 1.92. The first-order valence-corrected chi connectivity index (χ1v) is 10.4. The maximum Gasteiger partial charge on any atom is 0.322 e. The fourth-order valence-corrected chi connectivity index (χ4v) is 3.92. The quantitative estimate of drug-likeness (QED) is 0.659. The lowest BCUT2D eigenvalue weighted by Crippen LogP contribution is -2.39. The summed E-state index contributed by atoms with van der Waals surface area (Å²) in [5.74, 6) is -0.276. The zero-order valence-corrected chi connectivity index (χ0v) is 18.1. The summed E-state index contributed by atoms with van der Waals surface area (Å²) in [4.78, 5) is 14.7. The van der Waals surface area contributed by atoms with Gasteiger partial charge in [-0.25, -0.2) is 9.18 Å². The molecule has 1 N–H and O–H groups in total. The molecule has 0 bridgehead atoms. The van der Waals surface area contributed by atoms with Crippen molar-refractivity contribution in [3.8, 4) is 0 Å². The van der Waals surface area contributed by atoms with Crippen LogP contribution in [0.1, 0.15) is 33.6 Å². The Morgan fingerprint density at radius 1 is 1.19 bits per heavy atom. The zero-order chi connectivity index (χ0) is 22.0. The van der Waals surface area contributed by atoms with Gasteiger partial charge in [0.25, 0.3) is 0 Å². The Kier molecular flexibility index (Phi) is 6.04. The smallest absolute Gasteiger partial charge is 0.322 e. The molecule has 4 rings (SSSR count). The molecule has 2 heterocycles. The first-order chi connectivity index (χ1) is 14.9. The lowest BCUT2D eigenvalue weighted by molar-refractivity contribution is 0.103. The molecule has 2 amide bonds. The number of ether oxygens (including phenoxy) is 1. The van der Waals surface area contributed by atoms with Gasteiger partial charge >= 0.3 is 6.03 Å². The van der Waals surface area contributed by atoms with Gasteiger partial charge in [0.1, 0.15) is 5.82 Å². The summed E-state index contributed by atoms with van der Waals surface area (Å²) in [5, 5.41) is 7.64. The number of anilines is 1. The SMILES string of the molecule is Cc1ccc(C)c(NC(=O)N2CCc3c(c(COCc4cccc(F)c4)nn3C)C2)c1. The van der Waals surface area contributed by atoms with Crippen LogP contribution in [0.4, 0.5) is 14.9 Å². The molecule has 0 radical (unpaired) electrons. The number of hydrogen-bond acceptors (Lipinski definition) is 3. The van der Waals surface area contributed by atoms with Gasteiger partial charge in [0.15, 0.2) is 0 Å². The normalized spacial score (nSPS) is 13.2. The van der Waals surface area contributed by atoms with Gasteiger partial charge in [-0.15, -0.1) is 0 Å². The van der Waals surface area contributed by atoms with Crippen molar-refractivity contribution in [1.29, 1.82) is 0 Å². The van der Waals surface area contributed by atoms with Gasteiger partial charge in [-0.2, -0.15) is 5.10 Å². The number of aryl methyl sites for hydroxylation is 3. The highest BCUT2D eigenvalue weighted by Gasteiger charge is 2.27. The minimum absolute atomic E-state index is 0.116. The molecule has 3 aromatic rings. The van der Waals surface area contributed by atoms with Gasteiger partial charge in [0.2, 0.25) is 0 Å². The number of benzene rings is 2. The summed E-state index contributed by atoms with van der Waals surface area (Å²) < 4.78 is 21.0. The van der Waals surface area contributed by atoms with E-state index in [1.807, 2.05) is 54.7 Å². The van der Waals surface area contributed by atoms with Gasteiger partial charge in [-0.05, 0) is 48.7 Å². The van der Waals surface area contributed by atoms with Crippen LogP contribution in [0.2, 0.25) is 0 Å². The highest BCUT2D eigenvalue weighted by atomic mass is 19.1. The van der Waals surface area contributed by atoms with Crippen LogP contribution < -0.4 is 5.32 Å². The fraction of sp³-hybridized carbons (Fsp3) is 0.333. The van der Waals surface area contributed by atoms with Crippen LogP contribution in [0.3, 0.4) is 0 Å². The highest BCUT2D eigenvalue weighted by Crippen LogP contribution is 2.24. The number of fused-ring (bicyclic) bond motifs is 1. The topological polar surface area (TPSA) is 59.4 Å². The molecule has 0 aliphatic carbocycles. The van der Waals surface area contributed by atoms with E-state index < -0.39 is 0 Å². The second-order valence-electron chi connectivity index (χ2n) is 8.04. The Morgan fingerprint density at radius 3 is 2.84 bits per heavy atom. The van der Waals surface area contributed by atoms with Crippen LogP contribution in [-0.2, 0) is 38.0 Å². The molecule has 2 aromatic carbocycles. The summed E-state index contributed by atoms with van der Waals surface area (Å²) in [6.45, 7) is 5.73. The molecule has 1 aliphatic heterocycles. The summed E-state index contributed by atoms with van der Waals surface area (Å²) in [5.41, 5.74) is 6.72. The number of urea groups is 1. The maximum absolute atomic E-state index is 13.4. The minimum atomic E-state index is -0.276. The van der Waals surface area contributed by atoms with Gasteiger partial charge in [-0.3, -0.25) is 4.68 Å². The molecule has 162 valence electrons. The standard InChI is InChI=1S/C24H27FN4O2/c1-16-7-8-17(2)21(11-16)26-24(30)29-10-9-23-20(13-29)22(27-28(23)3)15-31-14-18-5-4-6-19(25)12-18/h4-8,11-12H,9-10,13-15H2,1-3H3,(H,26,30). The number of rotatable bonds is 5. The molecule has 0 unspecified atom stereocenters. The van der Waals surface area contributed by atoms with E-state index in [1.54, 1.807) is 6.07 Å². The molecule has 0 atom stereocenters. The predicted molar refractivity (Wildman–Crippen MR) is 117 cm³/mol. The van der Waals surface area contributed by atoms with Crippen molar-refractivity contribution >= 4 is 11.7 Å². The Hall–Kier alpha value is -3.19. The van der Waals surface area contributed by atoms with Gasteiger partial charge in [-0.1, -0.05) is 24.3 Å². The third-order valence-corrected chi connectivity index (χ3v) is 5.64. The molecule has 0 saturated heterocycles. The second-order valence-corrected chi connectivity index (χ2v) is 8.04. The number of halogens is 1. The van der Waals surface area contributed by atoms with Crippen molar-refractivity contribution in [1.82, 2.24) is 14.7 Å². The molecule has 6 nitrogen and oxygen atoms in total. The molecule has 31 heavy (non-hydrogen) atoms. The van der Waals surface area contributed by atoms with Crippen molar-refractivity contribution in [2.75, 3.05) is 11.9 Å². The Bertz CT molecular complexity index is 1110. The van der Waals surface area contributed by atoms with E-state index in [2.05, 4.69) is 10.4 Å². The highest BCUT2D eigenvalue weighted by molar-refractivity contribution is 5.90. The number of nitrogens with zero attached hydrogens (tertiary/aromatic N) is 3. The Balaban J connectivity index is 1.43. The number of carbonyl (C=O) groups excluding carboxylic acids is 1. The Labute approximate surface area is 181 Å². The number of carbonyl (C=O) groups is 1. The van der Waals surface area contributed by atoms with Crippen molar-refractivity contribution in [3.63, 3.8) is 0 Å².